The van der Waals surface area contributed by atoms with E-state index in [9.17, 15) is 13.2 Å². The molecule has 0 bridgehead atoms. The second-order valence-corrected chi connectivity index (χ2v) is 8.46. The van der Waals surface area contributed by atoms with Crippen LogP contribution in [0.4, 0.5) is 0 Å². The number of rotatable bonds is 3. The number of piperazine rings is 1. The summed E-state index contributed by atoms with van der Waals surface area (Å²) in [5.41, 5.74) is 1.24. The van der Waals surface area contributed by atoms with Crippen molar-refractivity contribution >= 4 is 26.8 Å². The van der Waals surface area contributed by atoms with E-state index in [1.807, 2.05) is 12.1 Å². The van der Waals surface area contributed by atoms with E-state index in [1.54, 1.807) is 35.7 Å². The molecule has 0 atom stereocenters. The van der Waals surface area contributed by atoms with Crippen LogP contribution in [0.15, 0.2) is 35.6 Å². The minimum Gasteiger partial charge on any atom is -0.337 e. The predicted octanol–water partition coefficient (Wildman–Crippen LogP) is 0.752. The van der Waals surface area contributed by atoms with Gasteiger partial charge in [0.1, 0.15) is 5.82 Å². The molecule has 3 aromatic rings. The number of aromatic nitrogens is 4. The van der Waals surface area contributed by atoms with Crippen LogP contribution in [0.25, 0.3) is 10.9 Å². The van der Waals surface area contributed by atoms with E-state index in [2.05, 4.69) is 15.2 Å². The van der Waals surface area contributed by atoms with Crippen LogP contribution >= 0.6 is 0 Å². The molecule has 1 saturated heterocycles. The van der Waals surface area contributed by atoms with Crippen molar-refractivity contribution in [3.63, 3.8) is 0 Å². The predicted molar refractivity (Wildman–Crippen MR) is 98.7 cm³/mol. The zero-order chi connectivity index (χ0) is 19.2. The number of benzene rings is 1. The molecule has 1 aromatic carbocycles. The third kappa shape index (κ3) is 3.00. The molecular formula is C17H20N6O3S. The molecule has 0 aliphatic carbocycles. The molecule has 9 nitrogen and oxygen atoms in total. The van der Waals surface area contributed by atoms with Crippen molar-refractivity contribution in [1.82, 2.24) is 29.0 Å². The van der Waals surface area contributed by atoms with Gasteiger partial charge < -0.3 is 9.47 Å². The zero-order valence-electron chi connectivity index (χ0n) is 15.1. The van der Waals surface area contributed by atoms with Crippen LogP contribution in [-0.4, -0.2) is 69.5 Å². The number of carbonyl (C=O) groups excluding carboxylic acids is 1. The smallest absolute Gasteiger partial charge is 0.262 e. The van der Waals surface area contributed by atoms with Crippen molar-refractivity contribution in [2.75, 3.05) is 26.2 Å². The third-order valence-electron chi connectivity index (χ3n) is 4.92. The number of fused-ring (bicyclic) bond motifs is 1. The van der Waals surface area contributed by atoms with Gasteiger partial charge in [-0.05, 0) is 13.0 Å². The minimum absolute atomic E-state index is 0.0458. The number of sulfonamides is 1. The van der Waals surface area contributed by atoms with Crippen molar-refractivity contribution in [2.45, 2.75) is 11.9 Å². The molecule has 10 heteroatoms. The number of para-hydroxylation sites is 1. The maximum atomic E-state index is 12.9. The molecule has 2 aromatic heterocycles. The largest absolute Gasteiger partial charge is 0.337 e. The number of amides is 1. The van der Waals surface area contributed by atoms with Gasteiger partial charge in [0.25, 0.3) is 15.9 Å². The number of hydrogen-bond donors (Lipinski definition) is 1. The standard InChI is InChI=1S/C17H20N6O3S/c1-12-19-15(11-21(12)2)27(25,26)23-8-6-22(7-9-23)17(24)14-5-3-4-13-10-18-20-16(13)14/h3-5,10-11H,6-9H2,1-2H3,(H,18,20). The highest BCUT2D eigenvalue weighted by Crippen LogP contribution is 2.20. The van der Waals surface area contributed by atoms with E-state index in [-0.39, 0.29) is 24.0 Å². The average Bonchev–Trinajstić information content (AvgIpc) is 3.28. The summed E-state index contributed by atoms with van der Waals surface area (Å²) in [5.74, 6) is 0.505. The Bertz CT molecular complexity index is 1090. The summed E-state index contributed by atoms with van der Waals surface area (Å²) < 4.78 is 28.6. The molecule has 0 unspecified atom stereocenters. The van der Waals surface area contributed by atoms with E-state index in [0.717, 1.165) is 5.39 Å². The van der Waals surface area contributed by atoms with Gasteiger partial charge in [-0.3, -0.25) is 9.89 Å². The maximum absolute atomic E-state index is 12.9. The molecule has 1 N–H and O–H groups in total. The Hall–Kier alpha value is -2.72. The molecular weight excluding hydrogens is 368 g/mol. The highest BCUT2D eigenvalue weighted by Gasteiger charge is 2.32. The number of imidazole rings is 1. The topological polar surface area (TPSA) is 104 Å². The highest BCUT2D eigenvalue weighted by molar-refractivity contribution is 7.89. The lowest BCUT2D eigenvalue weighted by molar-refractivity contribution is 0.0699. The lowest BCUT2D eigenvalue weighted by atomic mass is 10.1. The van der Waals surface area contributed by atoms with Crippen LogP contribution in [0.1, 0.15) is 16.2 Å². The lowest BCUT2D eigenvalue weighted by Gasteiger charge is -2.33. The fourth-order valence-electron chi connectivity index (χ4n) is 3.23. The number of aryl methyl sites for hydroxylation is 2. The van der Waals surface area contributed by atoms with Gasteiger partial charge in [0.05, 0.1) is 17.3 Å². The van der Waals surface area contributed by atoms with Crippen molar-refractivity contribution in [2.24, 2.45) is 7.05 Å². The van der Waals surface area contributed by atoms with Gasteiger partial charge in [0.2, 0.25) is 0 Å². The van der Waals surface area contributed by atoms with Gasteiger partial charge in [0.15, 0.2) is 5.03 Å². The van der Waals surface area contributed by atoms with E-state index in [4.69, 9.17) is 0 Å². The molecule has 1 amide bonds. The minimum atomic E-state index is -3.66. The molecule has 0 saturated carbocycles. The maximum Gasteiger partial charge on any atom is 0.262 e. The molecule has 27 heavy (non-hydrogen) atoms. The number of H-pyrrole nitrogens is 1. The van der Waals surface area contributed by atoms with Crippen LogP contribution in [0.3, 0.4) is 0 Å². The second kappa shape index (κ2) is 6.46. The van der Waals surface area contributed by atoms with Gasteiger partial charge in [-0.15, -0.1) is 0 Å². The Kier molecular flexibility index (Phi) is 4.23. The van der Waals surface area contributed by atoms with E-state index in [0.29, 0.717) is 30.0 Å². The molecule has 0 radical (unpaired) electrons. The first-order valence-corrected chi connectivity index (χ1v) is 10.0. The van der Waals surface area contributed by atoms with E-state index in [1.165, 1.54) is 10.5 Å². The van der Waals surface area contributed by atoms with Crippen molar-refractivity contribution in [1.29, 1.82) is 0 Å². The van der Waals surface area contributed by atoms with Crippen LogP contribution < -0.4 is 0 Å². The Balaban J connectivity index is 1.50. The molecule has 4 rings (SSSR count). The summed E-state index contributed by atoms with van der Waals surface area (Å²) in [6.07, 6.45) is 3.19. The summed E-state index contributed by atoms with van der Waals surface area (Å²) >= 11 is 0. The van der Waals surface area contributed by atoms with Gasteiger partial charge in [0, 0.05) is 44.8 Å². The fraction of sp³-hybridized carbons (Fsp3) is 0.353. The second-order valence-electron chi connectivity index (χ2n) is 6.57. The molecule has 1 aliphatic rings. The Morgan fingerprint density at radius 2 is 1.93 bits per heavy atom. The van der Waals surface area contributed by atoms with Gasteiger partial charge in [-0.2, -0.15) is 9.40 Å². The van der Waals surface area contributed by atoms with Gasteiger partial charge in [-0.25, -0.2) is 13.4 Å². The lowest BCUT2D eigenvalue weighted by Crippen LogP contribution is -2.50. The van der Waals surface area contributed by atoms with E-state index >= 15 is 0 Å². The fourth-order valence-corrected chi connectivity index (χ4v) is 4.68. The van der Waals surface area contributed by atoms with Gasteiger partial charge in [-0.1, -0.05) is 12.1 Å². The zero-order valence-corrected chi connectivity index (χ0v) is 15.9. The first-order valence-electron chi connectivity index (χ1n) is 8.59. The van der Waals surface area contributed by atoms with Crippen LogP contribution in [0.2, 0.25) is 0 Å². The Labute approximate surface area is 156 Å². The SMILES string of the molecule is Cc1nc(S(=O)(=O)N2CCN(C(=O)c3cccc4cn[nH]c34)CC2)cn1C. The third-order valence-corrected chi connectivity index (χ3v) is 6.69. The van der Waals surface area contributed by atoms with Crippen molar-refractivity contribution < 1.29 is 13.2 Å². The number of nitrogens with zero attached hydrogens (tertiary/aromatic N) is 5. The Morgan fingerprint density at radius 3 is 2.59 bits per heavy atom. The number of aromatic amines is 1. The molecule has 1 fully saturated rings. The Morgan fingerprint density at radius 1 is 1.19 bits per heavy atom. The monoisotopic (exact) mass is 388 g/mol. The summed E-state index contributed by atoms with van der Waals surface area (Å²) in [7, 11) is -1.90. The first-order chi connectivity index (χ1) is 12.9. The quantitative estimate of drug-likeness (QED) is 0.713. The number of hydrogen-bond acceptors (Lipinski definition) is 5. The van der Waals surface area contributed by atoms with Crippen LogP contribution in [0.5, 0.6) is 0 Å². The number of nitrogens with one attached hydrogen (secondary N) is 1. The number of carbonyl (C=O) groups is 1. The highest BCUT2D eigenvalue weighted by atomic mass is 32.2. The molecule has 0 spiro atoms. The summed E-state index contributed by atoms with van der Waals surface area (Å²) in [6, 6.07) is 5.45. The van der Waals surface area contributed by atoms with Gasteiger partial charge >= 0.3 is 0 Å². The van der Waals surface area contributed by atoms with Crippen LogP contribution in [-0.2, 0) is 17.1 Å². The average molecular weight is 388 g/mol. The summed E-state index contributed by atoms with van der Waals surface area (Å²) in [6.45, 7) is 2.89. The first kappa shape index (κ1) is 17.7. The molecule has 1 aliphatic heterocycles. The van der Waals surface area contributed by atoms with Crippen molar-refractivity contribution in [3.8, 4) is 0 Å². The molecule has 142 valence electrons. The normalized spacial score (nSPS) is 16.1. The summed E-state index contributed by atoms with van der Waals surface area (Å²) in [4.78, 5) is 18.7. The van der Waals surface area contributed by atoms with Crippen LogP contribution in [0, 0.1) is 6.92 Å². The molecule has 3 heterocycles. The van der Waals surface area contributed by atoms with E-state index < -0.39 is 10.0 Å². The van der Waals surface area contributed by atoms with Crippen molar-refractivity contribution in [3.05, 3.63) is 42.0 Å². The summed E-state index contributed by atoms with van der Waals surface area (Å²) in [5, 5.41) is 7.75.